The van der Waals surface area contributed by atoms with Gasteiger partial charge in [-0.05, 0) is 19.3 Å². The lowest BCUT2D eigenvalue weighted by atomic mass is 10.0. The van der Waals surface area contributed by atoms with E-state index in [-0.39, 0.29) is 0 Å². The molecule has 1 unspecified atom stereocenters. The lowest BCUT2D eigenvalue weighted by Crippen LogP contribution is -2.33. The predicted octanol–water partition coefficient (Wildman–Crippen LogP) is 2.24. The second-order valence-corrected chi connectivity index (χ2v) is 3.20. The summed E-state index contributed by atoms with van der Waals surface area (Å²) in [7, 11) is 0. The Hall–Kier alpha value is -0.840. The summed E-state index contributed by atoms with van der Waals surface area (Å²) in [6.45, 7) is 3.10. The molecule has 0 aliphatic carbocycles. The molecule has 0 radical (unpaired) electrons. The lowest BCUT2D eigenvalue weighted by Gasteiger charge is -2.22. The van der Waals surface area contributed by atoms with Gasteiger partial charge in [0.2, 0.25) is 0 Å². The van der Waals surface area contributed by atoms with Gasteiger partial charge in [0.15, 0.2) is 5.78 Å². The largest absolute Gasteiger partial charge is 0.419 e. The minimum Gasteiger partial charge on any atom is -0.370 e. The molecule has 5 heteroatoms. The molecule has 0 spiro atoms. The van der Waals surface area contributed by atoms with Gasteiger partial charge in [-0.1, -0.05) is 6.58 Å². The number of rotatable bonds is 2. The fraction of sp³-hybridized carbons (Fsp3) is 0.667. The number of Topliss-reactive ketones (excluding diaryl/α,β-unsaturated/α-hetero) is 1. The Balaban J connectivity index is 2.60. The molecule has 0 aromatic carbocycles. The third-order valence-corrected chi connectivity index (χ3v) is 2.11. The predicted molar refractivity (Wildman–Crippen MR) is 43.8 cm³/mol. The molecule has 1 fully saturated rings. The SMILES string of the molecule is C=C(C(=O)C1CCCCO1)C(F)(F)F. The highest BCUT2D eigenvalue weighted by Crippen LogP contribution is 2.28. The van der Waals surface area contributed by atoms with Crippen molar-refractivity contribution in [2.24, 2.45) is 0 Å². The summed E-state index contributed by atoms with van der Waals surface area (Å²) < 4.78 is 41.2. The number of hydrogen-bond acceptors (Lipinski definition) is 2. The first-order valence-electron chi connectivity index (χ1n) is 4.35. The van der Waals surface area contributed by atoms with Gasteiger partial charge in [0.1, 0.15) is 6.10 Å². The van der Waals surface area contributed by atoms with Crippen LogP contribution in [0.15, 0.2) is 12.2 Å². The molecule has 1 aliphatic heterocycles. The maximum atomic E-state index is 12.1. The van der Waals surface area contributed by atoms with E-state index in [0.717, 1.165) is 12.8 Å². The van der Waals surface area contributed by atoms with Gasteiger partial charge >= 0.3 is 6.18 Å². The molecule has 1 rings (SSSR count). The summed E-state index contributed by atoms with van der Waals surface area (Å²) in [5.41, 5.74) is -1.32. The average molecular weight is 208 g/mol. The van der Waals surface area contributed by atoms with Gasteiger partial charge in [-0.2, -0.15) is 13.2 Å². The number of carbonyl (C=O) groups is 1. The first kappa shape index (κ1) is 11.2. The van der Waals surface area contributed by atoms with Crippen LogP contribution in [-0.2, 0) is 9.53 Å². The monoisotopic (exact) mass is 208 g/mol. The smallest absolute Gasteiger partial charge is 0.370 e. The summed E-state index contributed by atoms with van der Waals surface area (Å²) in [5.74, 6) is -1.03. The molecular formula is C9H11F3O2. The van der Waals surface area contributed by atoms with Crippen LogP contribution in [0.1, 0.15) is 19.3 Å². The third-order valence-electron chi connectivity index (χ3n) is 2.11. The van der Waals surface area contributed by atoms with E-state index in [4.69, 9.17) is 4.74 Å². The van der Waals surface area contributed by atoms with Crippen LogP contribution < -0.4 is 0 Å². The lowest BCUT2D eigenvalue weighted by molar-refractivity contribution is -0.140. The fourth-order valence-electron chi connectivity index (χ4n) is 1.28. The maximum Gasteiger partial charge on any atom is 0.419 e. The van der Waals surface area contributed by atoms with Crippen LogP contribution in [0.5, 0.6) is 0 Å². The summed E-state index contributed by atoms with van der Waals surface area (Å²) in [5, 5.41) is 0. The van der Waals surface area contributed by atoms with Gasteiger partial charge in [-0.25, -0.2) is 0 Å². The molecule has 0 saturated carbocycles. The normalized spacial score (nSPS) is 23.2. The maximum absolute atomic E-state index is 12.1. The minimum atomic E-state index is -4.64. The van der Waals surface area contributed by atoms with Crippen LogP contribution in [0.2, 0.25) is 0 Å². The van der Waals surface area contributed by atoms with E-state index in [9.17, 15) is 18.0 Å². The van der Waals surface area contributed by atoms with E-state index < -0.39 is 23.6 Å². The summed E-state index contributed by atoms with van der Waals surface area (Å²) in [6, 6.07) is 0. The van der Waals surface area contributed by atoms with Gasteiger partial charge in [0, 0.05) is 6.61 Å². The average Bonchev–Trinajstić information content (AvgIpc) is 2.15. The molecule has 1 saturated heterocycles. The second kappa shape index (κ2) is 4.13. The highest BCUT2D eigenvalue weighted by Gasteiger charge is 2.40. The first-order chi connectivity index (χ1) is 6.43. The van der Waals surface area contributed by atoms with Crippen molar-refractivity contribution in [2.75, 3.05) is 6.61 Å². The molecule has 14 heavy (non-hydrogen) atoms. The van der Waals surface area contributed by atoms with E-state index in [1.807, 2.05) is 0 Å². The zero-order valence-electron chi connectivity index (χ0n) is 7.56. The van der Waals surface area contributed by atoms with Crippen molar-refractivity contribution in [1.29, 1.82) is 0 Å². The van der Waals surface area contributed by atoms with Gasteiger partial charge in [0.05, 0.1) is 5.57 Å². The minimum absolute atomic E-state index is 0.349. The van der Waals surface area contributed by atoms with Crippen molar-refractivity contribution >= 4 is 5.78 Å². The number of carbonyl (C=O) groups excluding carboxylic acids is 1. The van der Waals surface area contributed by atoms with Crippen molar-refractivity contribution in [3.05, 3.63) is 12.2 Å². The van der Waals surface area contributed by atoms with Gasteiger partial charge in [-0.3, -0.25) is 4.79 Å². The Morgan fingerprint density at radius 2 is 2.00 bits per heavy atom. The van der Waals surface area contributed by atoms with Crippen molar-refractivity contribution in [1.82, 2.24) is 0 Å². The Morgan fingerprint density at radius 1 is 1.36 bits per heavy atom. The van der Waals surface area contributed by atoms with E-state index in [1.54, 1.807) is 0 Å². The molecule has 1 atom stereocenters. The number of halogens is 3. The number of hydrogen-bond donors (Lipinski definition) is 0. The number of ether oxygens (including phenoxy) is 1. The quantitative estimate of drug-likeness (QED) is 0.650. The van der Waals surface area contributed by atoms with Crippen molar-refractivity contribution in [3.63, 3.8) is 0 Å². The number of alkyl halides is 3. The Morgan fingerprint density at radius 3 is 2.43 bits per heavy atom. The highest BCUT2D eigenvalue weighted by molar-refractivity contribution is 5.99. The first-order valence-corrected chi connectivity index (χ1v) is 4.35. The van der Waals surface area contributed by atoms with E-state index >= 15 is 0 Å². The molecule has 0 N–H and O–H groups in total. The summed E-state index contributed by atoms with van der Waals surface area (Å²) in [6.07, 6.45) is -3.71. The Labute approximate surface area is 79.7 Å². The molecule has 0 aromatic heterocycles. The van der Waals surface area contributed by atoms with Crippen LogP contribution in [0.3, 0.4) is 0 Å². The van der Waals surface area contributed by atoms with Crippen molar-refractivity contribution in [3.8, 4) is 0 Å². The molecule has 1 heterocycles. The van der Waals surface area contributed by atoms with E-state index in [2.05, 4.69) is 6.58 Å². The van der Waals surface area contributed by atoms with E-state index in [1.165, 1.54) is 0 Å². The molecule has 0 bridgehead atoms. The molecule has 80 valence electrons. The van der Waals surface area contributed by atoms with Gasteiger partial charge in [0.25, 0.3) is 0 Å². The third kappa shape index (κ3) is 2.57. The van der Waals surface area contributed by atoms with Crippen molar-refractivity contribution in [2.45, 2.75) is 31.5 Å². The summed E-state index contributed by atoms with van der Waals surface area (Å²) in [4.78, 5) is 11.2. The zero-order valence-corrected chi connectivity index (χ0v) is 7.56. The number of ketones is 1. The second-order valence-electron chi connectivity index (χ2n) is 3.20. The van der Waals surface area contributed by atoms with Crippen LogP contribution in [0.4, 0.5) is 13.2 Å². The van der Waals surface area contributed by atoms with E-state index in [0.29, 0.717) is 13.0 Å². The molecule has 1 aliphatic rings. The van der Waals surface area contributed by atoms with Crippen molar-refractivity contribution < 1.29 is 22.7 Å². The van der Waals surface area contributed by atoms with Gasteiger partial charge in [-0.15, -0.1) is 0 Å². The van der Waals surface area contributed by atoms with Crippen LogP contribution in [0, 0.1) is 0 Å². The molecule has 0 aromatic rings. The Kier molecular flexibility index (Phi) is 3.31. The molecule has 0 amide bonds. The topological polar surface area (TPSA) is 26.3 Å². The molecule has 2 nitrogen and oxygen atoms in total. The standard InChI is InChI=1S/C9H11F3O2/c1-6(9(10,11)12)8(13)7-4-2-3-5-14-7/h7H,1-5H2. The van der Waals surface area contributed by atoms with Gasteiger partial charge < -0.3 is 4.74 Å². The van der Waals surface area contributed by atoms with Crippen LogP contribution in [-0.4, -0.2) is 24.7 Å². The fourth-order valence-corrected chi connectivity index (χ4v) is 1.28. The van der Waals surface area contributed by atoms with Crippen LogP contribution in [0.25, 0.3) is 0 Å². The zero-order chi connectivity index (χ0) is 10.8. The highest BCUT2D eigenvalue weighted by atomic mass is 19.4. The molecular weight excluding hydrogens is 197 g/mol. The Bertz CT molecular complexity index is 239. The summed E-state index contributed by atoms with van der Waals surface area (Å²) >= 11 is 0. The van der Waals surface area contributed by atoms with Crippen LogP contribution >= 0.6 is 0 Å².